The van der Waals surface area contributed by atoms with Crippen molar-refractivity contribution in [3.8, 4) is 0 Å². The molecule has 6 heteroatoms. The predicted molar refractivity (Wildman–Crippen MR) is 75.9 cm³/mol. The average Bonchev–Trinajstić information content (AvgIpc) is 2.87. The molecule has 0 bridgehead atoms. The van der Waals surface area contributed by atoms with Crippen LogP contribution in [0.4, 0.5) is 0 Å². The van der Waals surface area contributed by atoms with Gasteiger partial charge in [-0.05, 0) is 18.8 Å². The molecule has 2 rings (SSSR count). The quantitative estimate of drug-likeness (QED) is 0.647. The fourth-order valence-electron chi connectivity index (χ4n) is 2.35. The van der Waals surface area contributed by atoms with Crippen LogP contribution in [0.5, 0.6) is 0 Å². The number of hydrogen-bond donors (Lipinski definition) is 1. The molecule has 1 aromatic rings. The molecule has 2 N–H and O–H groups in total. The summed E-state index contributed by atoms with van der Waals surface area (Å²) in [6.45, 7) is 7.91. The van der Waals surface area contributed by atoms with E-state index in [4.69, 9.17) is 5.73 Å². The van der Waals surface area contributed by atoms with Gasteiger partial charge in [-0.15, -0.1) is 10.2 Å². The molecular formula is C13H24N6. The second kappa shape index (κ2) is 6.54. The van der Waals surface area contributed by atoms with Crippen molar-refractivity contribution in [2.24, 2.45) is 16.6 Å². The van der Waals surface area contributed by atoms with E-state index in [1.807, 2.05) is 4.57 Å². The van der Waals surface area contributed by atoms with Gasteiger partial charge in [0.25, 0.3) is 0 Å². The van der Waals surface area contributed by atoms with Gasteiger partial charge in [0, 0.05) is 26.1 Å². The van der Waals surface area contributed by atoms with E-state index in [1.165, 1.54) is 12.8 Å². The molecule has 1 saturated heterocycles. The molecule has 19 heavy (non-hydrogen) atoms. The van der Waals surface area contributed by atoms with Crippen LogP contribution >= 0.6 is 0 Å². The van der Waals surface area contributed by atoms with E-state index >= 15 is 0 Å². The summed E-state index contributed by atoms with van der Waals surface area (Å²) >= 11 is 0. The van der Waals surface area contributed by atoms with Gasteiger partial charge in [0.05, 0.1) is 6.54 Å². The lowest BCUT2D eigenvalue weighted by atomic mass is 10.00. The van der Waals surface area contributed by atoms with E-state index in [9.17, 15) is 0 Å². The summed E-state index contributed by atoms with van der Waals surface area (Å²) in [7, 11) is 0. The van der Waals surface area contributed by atoms with Gasteiger partial charge in [0.15, 0.2) is 5.96 Å². The molecule has 0 saturated carbocycles. The molecule has 2 heterocycles. The molecule has 0 spiro atoms. The molecule has 0 amide bonds. The number of guanidine groups is 1. The second-order valence-electron chi connectivity index (χ2n) is 5.20. The summed E-state index contributed by atoms with van der Waals surface area (Å²) < 4.78 is 2.04. The summed E-state index contributed by atoms with van der Waals surface area (Å²) in [5.74, 6) is 2.49. The summed E-state index contributed by atoms with van der Waals surface area (Å²) in [5, 5.41) is 7.97. The van der Waals surface area contributed by atoms with Gasteiger partial charge in [0.2, 0.25) is 0 Å². The smallest absolute Gasteiger partial charge is 0.191 e. The maximum atomic E-state index is 6.04. The third-order valence-corrected chi connectivity index (χ3v) is 3.73. The molecule has 0 aromatic carbocycles. The number of nitrogens with zero attached hydrogens (tertiary/aromatic N) is 5. The molecule has 0 unspecified atom stereocenters. The summed E-state index contributed by atoms with van der Waals surface area (Å²) in [6, 6.07) is 0. The van der Waals surface area contributed by atoms with E-state index in [1.54, 1.807) is 6.33 Å². The Labute approximate surface area is 114 Å². The SMILES string of the molecule is CCc1nncn1CCN=C(N)N1CCC(C)CC1. The van der Waals surface area contributed by atoms with Crippen molar-refractivity contribution in [2.75, 3.05) is 19.6 Å². The molecule has 0 atom stereocenters. The number of piperidine rings is 1. The molecule has 6 nitrogen and oxygen atoms in total. The topological polar surface area (TPSA) is 72.3 Å². The summed E-state index contributed by atoms with van der Waals surface area (Å²) in [6.07, 6.45) is 5.07. The van der Waals surface area contributed by atoms with Crippen molar-refractivity contribution in [2.45, 2.75) is 39.7 Å². The van der Waals surface area contributed by atoms with Gasteiger partial charge < -0.3 is 15.2 Å². The van der Waals surface area contributed by atoms with Crippen LogP contribution < -0.4 is 5.73 Å². The Morgan fingerprint density at radius 1 is 1.47 bits per heavy atom. The van der Waals surface area contributed by atoms with E-state index in [2.05, 4.69) is 33.9 Å². The van der Waals surface area contributed by atoms with Gasteiger partial charge in [-0.1, -0.05) is 13.8 Å². The van der Waals surface area contributed by atoms with Crippen molar-refractivity contribution >= 4 is 5.96 Å². The zero-order valence-corrected chi connectivity index (χ0v) is 11.9. The fraction of sp³-hybridized carbons (Fsp3) is 0.769. The first-order chi connectivity index (χ1) is 9.20. The predicted octanol–water partition coefficient (Wildman–Crippen LogP) is 0.887. The molecule has 106 valence electrons. The standard InChI is InChI=1S/C13H24N6/c1-3-12-17-16-10-19(12)9-6-15-13(14)18-7-4-11(2)5-8-18/h10-11H,3-9H2,1-2H3,(H2,14,15). The Morgan fingerprint density at radius 3 is 2.89 bits per heavy atom. The molecular weight excluding hydrogens is 240 g/mol. The molecule has 1 aromatic heterocycles. The Kier molecular flexibility index (Phi) is 4.76. The lowest BCUT2D eigenvalue weighted by Crippen LogP contribution is -2.42. The lowest BCUT2D eigenvalue weighted by Gasteiger charge is -2.31. The Bertz CT molecular complexity index is 417. The number of nitrogens with two attached hydrogens (primary N) is 1. The minimum atomic E-state index is 0.679. The van der Waals surface area contributed by atoms with Gasteiger partial charge in [-0.2, -0.15) is 0 Å². The highest BCUT2D eigenvalue weighted by atomic mass is 15.3. The number of likely N-dealkylation sites (tertiary alicyclic amines) is 1. The average molecular weight is 264 g/mol. The zero-order valence-electron chi connectivity index (χ0n) is 11.9. The van der Waals surface area contributed by atoms with Crippen LogP contribution in [0.2, 0.25) is 0 Å². The number of aliphatic imine (C=N–C) groups is 1. The number of rotatable bonds is 4. The monoisotopic (exact) mass is 264 g/mol. The highest BCUT2D eigenvalue weighted by molar-refractivity contribution is 5.78. The van der Waals surface area contributed by atoms with Crippen molar-refractivity contribution in [1.29, 1.82) is 0 Å². The zero-order chi connectivity index (χ0) is 13.7. The largest absolute Gasteiger partial charge is 0.370 e. The van der Waals surface area contributed by atoms with Crippen molar-refractivity contribution in [3.05, 3.63) is 12.2 Å². The minimum Gasteiger partial charge on any atom is -0.370 e. The molecule has 1 fully saturated rings. The molecule has 0 aliphatic carbocycles. The van der Waals surface area contributed by atoms with Crippen LogP contribution in [0.3, 0.4) is 0 Å². The molecule has 0 radical (unpaired) electrons. The molecule has 1 aliphatic heterocycles. The van der Waals surface area contributed by atoms with Crippen LogP contribution in [-0.2, 0) is 13.0 Å². The fourth-order valence-corrected chi connectivity index (χ4v) is 2.35. The third kappa shape index (κ3) is 3.68. The van der Waals surface area contributed by atoms with Crippen molar-refractivity contribution < 1.29 is 0 Å². The number of aromatic nitrogens is 3. The van der Waals surface area contributed by atoms with E-state index in [0.29, 0.717) is 12.5 Å². The van der Waals surface area contributed by atoms with E-state index in [0.717, 1.165) is 37.8 Å². The van der Waals surface area contributed by atoms with Crippen LogP contribution in [0.1, 0.15) is 32.5 Å². The lowest BCUT2D eigenvalue weighted by molar-refractivity contribution is 0.277. The molecule has 1 aliphatic rings. The Balaban J connectivity index is 1.81. The van der Waals surface area contributed by atoms with Crippen LogP contribution in [0.15, 0.2) is 11.3 Å². The van der Waals surface area contributed by atoms with Crippen LogP contribution in [0.25, 0.3) is 0 Å². The van der Waals surface area contributed by atoms with Gasteiger partial charge in [0.1, 0.15) is 12.2 Å². The number of hydrogen-bond acceptors (Lipinski definition) is 3. The summed E-state index contributed by atoms with van der Waals surface area (Å²) in [5.41, 5.74) is 6.04. The second-order valence-corrected chi connectivity index (χ2v) is 5.20. The first kappa shape index (κ1) is 13.8. The van der Waals surface area contributed by atoms with Crippen LogP contribution in [0, 0.1) is 5.92 Å². The van der Waals surface area contributed by atoms with E-state index < -0.39 is 0 Å². The maximum absolute atomic E-state index is 6.04. The maximum Gasteiger partial charge on any atom is 0.191 e. The number of aryl methyl sites for hydroxylation is 1. The minimum absolute atomic E-state index is 0.679. The Morgan fingerprint density at radius 2 is 2.21 bits per heavy atom. The van der Waals surface area contributed by atoms with Gasteiger partial charge >= 0.3 is 0 Å². The first-order valence-corrected chi connectivity index (χ1v) is 7.12. The van der Waals surface area contributed by atoms with Gasteiger partial charge in [-0.3, -0.25) is 4.99 Å². The summed E-state index contributed by atoms with van der Waals surface area (Å²) in [4.78, 5) is 6.65. The van der Waals surface area contributed by atoms with Gasteiger partial charge in [-0.25, -0.2) is 0 Å². The Hall–Kier alpha value is -1.59. The first-order valence-electron chi connectivity index (χ1n) is 7.12. The third-order valence-electron chi connectivity index (χ3n) is 3.73. The van der Waals surface area contributed by atoms with E-state index in [-0.39, 0.29) is 0 Å². The van der Waals surface area contributed by atoms with Crippen molar-refractivity contribution in [3.63, 3.8) is 0 Å². The highest BCUT2D eigenvalue weighted by Gasteiger charge is 2.16. The highest BCUT2D eigenvalue weighted by Crippen LogP contribution is 2.15. The van der Waals surface area contributed by atoms with Crippen LogP contribution in [-0.4, -0.2) is 45.3 Å². The van der Waals surface area contributed by atoms with Crippen molar-refractivity contribution in [1.82, 2.24) is 19.7 Å². The normalized spacial score (nSPS) is 18.0.